The van der Waals surface area contributed by atoms with E-state index in [2.05, 4.69) is 82.8 Å². The molecule has 0 aliphatic carbocycles. The fourth-order valence-corrected chi connectivity index (χ4v) is 36.5. The van der Waals surface area contributed by atoms with Gasteiger partial charge in [-0.2, -0.15) is 0 Å². The summed E-state index contributed by atoms with van der Waals surface area (Å²) < 4.78 is 0. The van der Waals surface area contributed by atoms with Crippen LogP contribution in [0.15, 0.2) is 0 Å². The van der Waals surface area contributed by atoms with Gasteiger partial charge in [0, 0.05) is 0 Å². The van der Waals surface area contributed by atoms with E-state index in [-0.39, 0.29) is 14.9 Å². The molecule has 0 saturated carbocycles. The van der Waals surface area contributed by atoms with E-state index in [1.54, 1.807) is 0 Å². The van der Waals surface area contributed by atoms with E-state index in [0.717, 1.165) is 0 Å². The first-order valence-electron chi connectivity index (χ1n) is 8.26. The molecule has 0 rings (SSSR count). The molecule has 0 saturated heterocycles. The van der Waals surface area contributed by atoms with Gasteiger partial charge in [-0.1, -0.05) is 97.9 Å². The second-order valence-electron chi connectivity index (χ2n) is 8.99. The van der Waals surface area contributed by atoms with Gasteiger partial charge in [0.05, 0.1) is 0 Å². The lowest BCUT2D eigenvalue weighted by Crippen LogP contribution is -2.27. The Morgan fingerprint density at radius 3 is 1.29 bits per heavy atom. The molecule has 4 heteroatoms. The van der Waals surface area contributed by atoms with Crippen molar-refractivity contribution in [3.05, 3.63) is 0 Å². The van der Waals surface area contributed by atoms with Crippen LogP contribution in [-0.4, -0.2) is 34.5 Å². The van der Waals surface area contributed by atoms with Crippen LogP contribution in [0.25, 0.3) is 0 Å². The van der Waals surface area contributed by atoms with Gasteiger partial charge in [0.1, 0.15) is 0 Å². The summed E-state index contributed by atoms with van der Waals surface area (Å²) in [5.41, 5.74) is 0. The third-order valence-corrected chi connectivity index (χ3v) is 34.7. The van der Waals surface area contributed by atoms with Gasteiger partial charge in [0.2, 0.25) is 0 Å². The van der Waals surface area contributed by atoms with Gasteiger partial charge >= 0.3 is 0 Å². The van der Waals surface area contributed by atoms with Crippen molar-refractivity contribution in [1.82, 2.24) is 0 Å². The summed E-state index contributed by atoms with van der Waals surface area (Å²) in [6.07, 6.45) is 2.83. The van der Waals surface area contributed by atoms with E-state index in [9.17, 15) is 0 Å². The minimum atomic E-state index is -1.05. The summed E-state index contributed by atoms with van der Waals surface area (Å²) in [6, 6.07) is 0. The van der Waals surface area contributed by atoms with Crippen molar-refractivity contribution in [2.75, 3.05) is 19.0 Å². The first-order chi connectivity index (χ1) is 9.11. The maximum atomic E-state index is 2.66. The second kappa shape index (κ2) is 7.65. The first-order valence-corrected chi connectivity index (χ1v) is 16.6. The van der Waals surface area contributed by atoms with Gasteiger partial charge in [0.25, 0.3) is 0 Å². The van der Waals surface area contributed by atoms with Crippen LogP contribution in [0, 0.1) is 0 Å². The molecular formula is C17H40P4. The van der Waals surface area contributed by atoms with Gasteiger partial charge < -0.3 is 0 Å². The largest absolute Gasteiger partial charge is 0.0743 e. The molecule has 0 fully saturated rings. The molecule has 0 spiro atoms. The van der Waals surface area contributed by atoms with Crippen LogP contribution in [-0.2, 0) is 0 Å². The van der Waals surface area contributed by atoms with E-state index in [1.165, 1.54) is 12.3 Å². The monoisotopic (exact) mass is 368 g/mol. The van der Waals surface area contributed by atoms with E-state index in [4.69, 9.17) is 0 Å². The number of rotatable bonds is 4. The Morgan fingerprint density at radius 1 is 0.762 bits per heavy atom. The molecule has 1 unspecified atom stereocenters. The Labute approximate surface area is 139 Å². The lowest BCUT2D eigenvalue weighted by atomic mass is 10.2. The zero-order valence-electron chi connectivity index (χ0n) is 16.7. The van der Waals surface area contributed by atoms with Crippen LogP contribution in [0.5, 0.6) is 0 Å². The van der Waals surface area contributed by atoms with Gasteiger partial charge in [0.15, 0.2) is 0 Å². The standard InChI is InChI=1S/C17H40P4/c1-13-19(14-2)20(15(3,4)5)18-21(12,16(6,7)8)17(9,10)11/h13-14H2,1-12H3. The van der Waals surface area contributed by atoms with E-state index in [1.807, 2.05) is 7.56 Å². The molecule has 0 nitrogen and oxygen atoms in total. The molecule has 0 bridgehead atoms. The highest BCUT2D eigenvalue weighted by atomic mass is 32.5. The Bertz CT molecular complexity index is 355. The average Bonchev–Trinajstić information content (AvgIpc) is 2.24. The molecular weight excluding hydrogens is 328 g/mol. The molecule has 21 heavy (non-hydrogen) atoms. The molecule has 0 aliphatic rings. The molecule has 0 amide bonds. The van der Waals surface area contributed by atoms with Crippen LogP contribution >= 0.6 is 29.0 Å². The van der Waals surface area contributed by atoms with Crippen LogP contribution in [0.3, 0.4) is 0 Å². The first kappa shape index (κ1) is 22.6. The summed E-state index contributed by atoms with van der Waals surface area (Å²) in [5, 5.41) is 1.38. The molecule has 0 aromatic rings. The molecule has 0 aromatic heterocycles. The molecule has 0 N–H and O–H groups in total. The summed E-state index contributed by atoms with van der Waals surface area (Å²) in [6.45, 7) is 28.9. The molecule has 0 heterocycles. The zero-order valence-corrected chi connectivity index (χ0v) is 20.3. The normalized spacial score (nSPS) is 16.6. The molecule has 128 valence electrons. The third kappa shape index (κ3) is 5.56. The predicted molar refractivity (Wildman–Crippen MR) is 114 cm³/mol. The van der Waals surface area contributed by atoms with Crippen molar-refractivity contribution in [2.24, 2.45) is 0 Å². The van der Waals surface area contributed by atoms with Crippen molar-refractivity contribution >= 4 is 29.0 Å². The maximum Gasteiger partial charge on any atom is -0.00646 e. The third-order valence-electron chi connectivity index (χ3n) is 4.47. The Balaban J connectivity index is 6.25. The fraction of sp³-hybridized carbons (Fsp3) is 1.00. The van der Waals surface area contributed by atoms with Crippen molar-refractivity contribution in [1.29, 1.82) is 0 Å². The van der Waals surface area contributed by atoms with Crippen molar-refractivity contribution in [3.63, 3.8) is 0 Å². The summed E-state index contributed by atoms with van der Waals surface area (Å²) >= 11 is 0. The number of hydrogen-bond acceptors (Lipinski definition) is 0. The second-order valence-corrected chi connectivity index (χ2v) is 27.6. The summed E-state index contributed by atoms with van der Waals surface area (Å²) in [4.78, 5) is 0. The highest BCUT2D eigenvalue weighted by Crippen LogP contribution is 2.90. The van der Waals surface area contributed by atoms with Crippen LogP contribution in [0.2, 0.25) is 0 Å². The maximum absolute atomic E-state index is 2.66. The van der Waals surface area contributed by atoms with Gasteiger partial charge in [-0.15, -0.1) is 0 Å². The molecule has 1 atom stereocenters. The van der Waals surface area contributed by atoms with E-state index >= 15 is 0 Å². The smallest absolute Gasteiger partial charge is 0.00646 e. The quantitative estimate of drug-likeness (QED) is 0.435. The van der Waals surface area contributed by atoms with Crippen molar-refractivity contribution in [3.8, 4) is 0 Å². The Kier molecular flexibility index (Phi) is 8.23. The topological polar surface area (TPSA) is 0 Å². The van der Waals surface area contributed by atoms with Crippen LogP contribution in [0.1, 0.15) is 76.2 Å². The van der Waals surface area contributed by atoms with Gasteiger partial charge in [-0.05, 0) is 41.8 Å². The van der Waals surface area contributed by atoms with Crippen molar-refractivity contribution < 1.29 is 0 Å². The Hall–Kier alpha value is 1.59. The molecule has 0 radical (unpaired) electrons. The number of hydrogen-bond donors (Lipinski definition) is 0. The average molecular weight is 368 g/mol. The lowest BCUT2D eigenvalue weighted by Gasteiger charge is -2.48. The highest BCUT2D eigenvalue weighted by Gasteiger charge is 2.41. The van der Waals surface area contributed by atoms with E-state index in [0.29, 0.717) is 15.5 Å². The van der Waals surface area contributed by atoms with Gasteiger partial charge in [-0.25, -0.2) is 0 Å². The molecule has 0 aromatic carbocycles. The van der Waals surface area contributed by atoms with Crippen LogP contribution in [0.4, 0.5) is 0 Å². The predicted octanol–water partition coefficient (Wildman–Crippen LogP) is 8.72. The SMILES string of the molecule is CCP(CC)P(P=P(C)(C(C)(C)C)C(C)(C)C)C(C)(C)C. The summed E-state index contributed by atoms with van der Waals surface area (Å²) in [5.74, 6) is 0. The fourth-order valence-electron chi connectivity index (χ4n) is 2.55. The van der Waals surface area contributed by atoms with Gasteiger partial charge in [-0.3, -0.25) is 0 Å². The van der Waals surface area contributed by atoms with E-state index < -0.39 is 6.55 Å². The highest BCUT2D eigenvalue weighted by molar-refractivity contribution is 8.63. The minimum absolute atomic E-state index is 0.105. The van der Waals surface area contributed by atoms with Crippen LogP contribution < -0.4 is 0 Å². The lowest BCUT2D eigenvalue weighted by molar-refractivity contribution is 0.708. The zero-order chi connectivity index (χ0) is 17.3. The van der Waals surface area contributed by atoms with Crippen molar-refractivity contribution in [2.45, 2.75) is 91.6 Å². The summed E-state index contributed by atoms with van der Waals surface area (Å²) in [7, 11) is 2.17. The molecule has 0 aliphatic heterocycles. The minimum Gasteiger partial charge on any atom is -0.0743 e. The Morgan fingerprint density at radius 2 is 1.10 bits per heavy atom.